The van der Waals surface area contributed by atoms with Crippen LogP contribution >= 0.6 is 11.8 Å². The topological polar surface area (TPSA) is 85.1 Å². The summed E-state index contributed by atoms with van der Waals surface area (Å²) in [5.74, 6) is 0.662. The molecular formula is C14H15N3O2S2. The molecule has 0 saturated carbocycles. The number of nitrogens with one attached hydrogen (secondary N) is 1. The first-order valence-electron chi connectivity index (χ1n) is 6.10. The predicted molar refractivity (Wildman–Crippen MR) is 86.8 cm³/mol. The quantitative estimate of drug-likeness (QED) is 0.631. The summed E-state index contributed by atoms with van der Waals surface area (Å²) >= 11 is 1.50. The molecule has 1 heterocycles. The summed E-state index contributed by atoms with van der Waals surface area (Å²) in [4.78, 5) is 4.59. The first-order chi connectivity index (χ1) is 10.0. The summed E-state index contributed by atoms with van der Waals surface area (Å²) in [5, 5.41) is 0. The number of nitrogens with two attached hydrogens (primary N) is 1. The van der Waals surface area contributed by atoms with Crippen LogP contribution in [0.4, 0.5) is 11.5 Å². The number of thioether (sulfide) groups is 1. The van der Waals surface area contributed by atoms with Crippen molar-refractivity contribution >= 4 is 33.3 Å². The molecule has 0 aliphatic heterocycles. The van der Waals surface area contributed by atoms with E-state index < -0.39 is 10.0 Å². The van der Waals surface area contributed by atoms with Crippen molar-refractivity contribution in [3.05, 3.63) is 55.3 Å². The first kappa shape index (κ1) is 15.4. The van der Waals surface area contributed by atoms with Gasteiger partial charge in [-0.3, -0.25) is 4.72 Å². The van der Waals surface area contributed by atoms with Gasteiger partial charge in [-0.25, -0.2) is 13.4 Å². The zero-order valence-corrected chi connectivity index (χ0v) is 12.8. The molecule has 2 rings (SSSR count). The van der Waals surface area contributed by atoms with Gasteiger partial charge in [0.1, 0.15) is 10.7 Å². The highest BCUT2D eigenvalue weighted by molar-refractivity contribution is 7.99. The Hall–Kier alpha value is -1.99. The van der Waals surface area contributed by atoms with Gasteiger partial charge < -0.3 is 5.73 Å². The van der Waals surface area contributed by atoms with Crippen LogP contribution in [0.3, 0.4) is 0 Å². The van der Waals surface area contributed by atoms with E-state index in [0.29, 0.717) is 11.4 Å². The molecule has 0 unspecified atom stereocenters. The van der Waals surface area contributed by atoms with Crippen molar-refractivity contribution in [1.82, 2.24) is 4.98 Å². The molecule has 5 nitrogen and oxygen atoms in total. The van der Waals surface area contributed by atoms with Gasteiger partial charge in [-0.05, 0) is 24.3 Å². The number of rotatable bonds is 6. The smallest absolute Gasteiger partial charge is 0.265 e. The summed E-state index contributed by atoms with van der Waals surface area (Å²) in [6.07, 6.45) is 3.21. The maximum absolute atomic E-state index is 12.4. The Morgan fingerprint density at radius 2 is 2.05 bits per heavy atom. The number of para-hydroxylation sites is 1. The fourth-order valence-corrected chi connectivity index (χ4v) is 3.63. The summed E-state index contributed by atoms with van der Waals surface area (Å²) in [6.45, 7) is 3.65. The highest BCUT2D eigenvalue weighted by Gasteiger charge is 2.19. The van der Waals surface area contributed by atoms with Crippen LogP contribution in [0.25, 0.3) is 0 Å². The Bertz CT molecular complexity index is 745. The maximum Gasteiger partial charge on any atom is 0.265 e. The van der Waals surface area contributed by atoms with E-state index in [0.717, 1.165) is 4.90 Å². The predicted octanol–water partition coefficient (Wildman–Crippen LogP) is 2.74. The second kappa shape index (κ2) is 6.64. The minimum absolute atomic E-state index is 0.0266. The van der Waals surface area contributed by atoms with Gasteiger partial charge in [-0.1, -0.05) is 18.2 Å². The van der Waals surface area contributed by atoms with Gasteiger partial charge in [-0.15, -0.1) is 18.3 Å². The average molecular weight is 321 g/mol. The lowest BCUT2D eigenvalue weighted by atomic mass is 10.3. The molecule has 0 bridgehead atoms. The number of nitrogens with zero attached hydrogens (tertiary/aromatic N) is 1. The monoisotopic (exact) mass is 321 g/mol. The standard InChI is InChI=1S/C14H15N3O2S2/c1-2-10-20-12-7-4-3-6-11(12)17-21(18,19)13-8-5-9-16-14(13)15/h2-9,17H,1,10H2,(H2,15,16). The van der Waals surface area contributed by atoms with Crippen molar-refractivity contribution in [3.63, 3.8) is 0 Å². The van der Waals surface area contributed by atoms with Gasteiger partial charge in [0.2, 0.25) is 0 Å². The molecule has 0 fully saturated rings. The summed E-state index contributed by atoms with van der Waals surface area (Å²) in [7, 11) is -3.77. The lowest BCUT2D eigenvalue weighted by Crippen LogP contribution is -2.15. The summed E-state index contributed by atoms with van der Waals surface area (Å²) < 4.78 is 27.3. The Kier molecular flexibility index (Phi) is 4.87. The number of aromatic nitrogens is 1. The van der Waals surface area contributed by atoms with Gasteiger partial charge in [0.25, 0.3) is 10.0 Å². The molecule has 0 aliphatic rings. The van der Waals surface area contributed by atoms with Crippen molar-refractivity contribution in [3.8, 4) is 0 Å². The molecule has 0 amide bonds. The first-order valence-corrected chi connectivity index (χ1v) is 8.57. The van der Waals surface area contributed by atoms with Crippen LogP contribution in [0.2, 0.25) is 0 Å². The number of anilines is 2. The number of hydrogen-bond donors (Lipinski definition) is 2. The summed E-state index contributed by atoms with van der Waals surface area (Å²) in [6, 6.07) is 10.1. The molecule has 2 aromatic rings. The van der Waals surface area contributed by atoms with Crippen molar-refractivity contribution < 1.29 is 8.42 Å². The van der Waals surface area contributed by atoms with E-state index in [2.05, 4.69) is 16.3 Å². The molecule has 1 aromatic heterocycles. The van der Waals surface area contributed by atoms with Gasteiger partial charge in [-0.2, -0.15) is 0 Å². The van der Waals surface area contributed by atoms with Gasteiger partial charge in [0.15, 0.2) is 0 Å². The number of benzene rings is 1. The normalized spacial score (nSPS) is 11.0. The fraction of sp³-hybridized carbons (Fsp3) is 0.0714. The van der Waals surface area contributed by atoms with E-state index >= 15 is 0 Å². The second-order valence-electron chi connectivity index (χ2n) is 4.09. The minimum Gasteiger partial charge on any atom is -0.383 e. The van der Waals surface area contributed by atoms with E-state index in [1.165, 1.54) is 30.1 Å². The van der Waals surface area contributed by atoms with Crippen LogP contribution < -0.4 is 10.5 Å². The van der Waals surface area contributed by atoms with Crippen LogP contribution in [0, 0.1) is 0 Å². The molecule has 0 atom stereocenters. The largest absolute Gasteiger partial charge is 0.383 e. The number of pyridine rings is 1. The van der Waals surface area contributed by atoms with Crippen LogP contribution in [0.1, 0.15) is 0 Å². The molecule has 21 heavy (non-hydrogen) atoms. The van der Waals surface area contributed by atoms with Crippen LogP contribution in [-0.2, 0) is 10.0 Å². The molecule has 0 saturated heterocycles. The van der Waals surface area contributed by atoms with Gasteiger partial charge in [0, 0.05) is 16.8 Å². The molecular weight excluding hydrogens is 306 g/mol. The van der Waals surface area contributed by atoms with Gasteiger partial charge >= 0.3 is 0 Å². The molecule has 0 aliphatic carbocycles. The van der Waals surface area contributed by atoms with Crippen LogP contribution in [-0.4, -0.2) is 19.2 Å². The third-order valence-electron chi connectivity index (χ3n) is 2.58. The lowest BCUT2D eigenvalue weighted by Gasteiger charge is -2.12. The molecule has 110 valence electrons. The van der Waals surface area contributed by atoms with Crippen molar-refractivity contribution in [2.75, 3.05) is 16.2 Å². The maximum atomic E-state index is 12.4. The minimum atomic E-state index is -3.77. The van der Waals surface area contributed by atoms with E-state index in [9.17, 15) is 8.42 Å². The second-order valence-corrected chi connectivity index (χ2v) is 6.80. The zero-order valence-electron chi connectivity index (χ0n) is 11.2. The molecule has 7 heteroatoms. The molecule has 1 aromatic carbocycles. The molecule has 0 spiro atoms. The molecule has 0 radical (unpaired) electrons. The third-order valence-corrected chi connectivity index (χ3v) is 5.06. The zero-order chi connectivity index (χ0) is 15.3. The van der Waals surface area contributed by atoms with Crippen molar-refractivity contribution in [2.45, 2.75) is 9.79 Å². The lowest BCUT2D eigenvalue weighted by molar-refractivity contribution is 0.601. The van der Waals surface area contributed by atoms with E-state index in [1.54, 1.807) is 18.2 Å². The number of hydrogen-bond acceptors (Lipinski definition) is 5. The van der Waals surface area contributed by atoms with Crippen molar-refractivity contribution in [2.24, 2.45) is 0 Å². The Morgan fingerprint density at radius 1 is 1.29 bits per heavy atom. The fourth-order valence-electron chi connectivity index (χ4n) is 1.66. The average Bonchev–Trinajstić information content (AvgIpc) is 2.46. The van der Waals surface area contributed by atoms with E-state index in [4.69, 9.17) is 5.73 Å². The van der Waals surface area contributed by atoms with Crippen LogP contribution in [0.15, 0.2) is 65.0 Å². The number of nitrogen functional groups attached to an aromatic ring is 1. The van der Waals surface area contributed by atoms with Gasteiger partial charge in [0.05, 0.1) is 5.69 Å². The summed E-state index contributed by atoms with van der Waals surface area (Å²) in [5.41, 5.74) is 6.14. The third kappa shape index (κ3) is 3.77. The van der Waals surface area contributed by atoms with Crippen LogP contribution in [0.5, 0.6) is 0 Å². The van der Waals surface area contributed by atoms with E-state index in [1.807, 2.05) is 12.1 Å². The highest BCUT2D eigenvalue weighted by Crippen LogP contribution is 2.29. The Morgan fingerprint density at radius 3 is 2.76 bits per heavy atom. The molecule has 3 N–H and O–H groups in total. The van der Waals surface area contributed by atoms with E-state index in [-0.39, 0.29) is 10.7 Å². The Balaban J connectivity index is 2.33. The van der Waals surface area contributed by atoms with Crippen molar-refractivity contribution in [1.29, 1.82) is 0 Å². The number of sulfonamides is 1. The highest BCUT2D eigenvalue weighted by atomic mass is 32.2. The Labute approximate surface area is 128 Å². The SMILES string of the molecule is C=CCSc1ccccc1NS(=O)(=O)c1cccnc1N.